The smallest absolute Gasteiger partial charge is 0.195 e. The predicted molar refractivity (Wildman–Crippen MR) is 114 cm³/mol. The Hall–Kier alpha value is -2.15. The van der Waals surface area contributed by atoms with Crippen LogP contribution in [0.15, 0.2) is 41.2 Å². The van der Waals surface area contributed by atoms with Crippen molar-refractivity contribution in [2.24, 2.45) is 0 Å². The molecule has 6 heteroatoms. The van der Waals surface area contributed by atoms with Gasteiger partial charge in [-0.1, -0.05) is 0 Å². The van der Waals surface area contributed by atoms with Gasteiger partial charge in [0.1, 0.15) is 24.7 Å². The molecule has 0 saturated carbocycles. The summed E-state index contributed by atoms with van der Waals surface area (Å²) in [6.07, 6.45) is 0. The monoisotopic (exact) mass is 386 g/mol. The van der Waals surface area contributed by atoms with Crippen LogP contribution < -0.4 is 14.9 Å². The van der Waals surface area contributed by atoms with Crippen molar-refractivity contribution >= 4 is 31.5 Å². The largest absolute Gasteiger partial charge is 0.492 e. The van der Waals surface area contributed by atoms with Gasteiger partial charge in [-0.15, -0.1) is 11.3 Å². The van der Waals surface area contributed by atoms with E-state index in [4.69, 9.17) is 9.47 Å². The predicted octanol–water partition coefficient (Wildman–Crippen LogP) is 3.30. The number of fused-ring (bicyclic) bond motifs is 2. The van der Waals surface area contributed by atoms with Gasteiger partial charge in [0.25, 0.3) is 0 Å². The van der Waals surface area contributed by atoms with Crippen LogP contribution in [0.2, 0.25) is 0 Å². The van der Waals surface area contributed by atoms with Crippen molar-refractivity contribution in [3.63, 3.8) is 0 Å². The number of likely N-dealkylation sites (N-methyl/N-ethyl adjacent to an activating group) is 2. The summed E-state index contributed by atoms with van der Waals surface area (Å²) in [5.41, 5.74) is 0.0541. The molecule has 0 aliphatic heterocycles. The Morgan fingerprint density at radius 3 is 1.63 bits per heavy atom. The topological polar surface area (TPSA) is 42.0 Å². The maximum absolute atomic E-state index is 12.8. The van der Waals surface area contributed by atoms with E-state index in [0.29, 0.717) is 13.2 Å². The Kier molecular flexibility index (Phi) is 6.31. The third-order valence-electron chi connectivity index (χ3n) is 4.23. The van der Waals surface area contributed by atoms with Crippen molar-refractivity contribution in [2.75, 3.05) is 54.5 Å². The average Bonchev–Trinajstić information content (AvgIpc) is 2.61. The third kappa shape index (κ3) is 4.97. The lowest BCUT2D eigenvalue weighted by Crippen LogP contribution is -2.19. The van der Waals surface area contributed by atoms with Gasteiger partial charge in [-0.3, -0.25) is 4.79 Å². The quantitative estimate of drug-likeness (QED) is 0.556. The number of ether oxygens (including phenoxy) is 2. The first-order valence-corrected chi connectivity index (χ1v) is 9.81. The molecule has 0 amide bonds. The van der Waals surface area contributed by atoms with E-state index < -0.39 is 0 Å². The van der Waals surface area contributed by atoms with Gasteiger partial charge >= 0.3 is 0 Å². The third-order valence-corrected chi connectivity index (χ3v) is 5.35. The number of hydrogen-bond donors (Lipinski definition) is 0. The van der Waals surface area contributed by atoms with Gasteiger partial charge in [-0.25, -0.2) is 0 Å². The number of hydrogen-bond acceptors (Lipinski definition) is 6. The standard InChI is InChI=1S/C21H26N2O3S/c1-22(2)9-11-25-15-5-7-17-19(13-15)27-20-14-16(26-12-10-23(3)4)6-8-18(20)21(17)24/h5-8,13-14H,9-12H2,1-4H3. The average molecular weight is 387 g/mol. The first-order valence-electron chi connectivity index (χ1n) is 9.00. The van der Waals surface area contributed by atoms with E-state index >= 15 is 0 Å². The lowest BCUT2D eigenvalue weighted by molar-refractivity contribution is 0.261. The van der Waals surface area contributed by atoms with Gasteiger partial charge in [0.2, 0.25) is 0 Å². The maximum atomic E-state index is 12.8. The first kappa shape index (κ1) is 19.6. The molecule has 0 aliphatic carbocycles. The van der Waals surface area contributed by atoms with E-state index in [1.807, 2.05) is 64.6 Å². The van der Waals surface area contributed by atoms with Crippen LogP contribution in [0.1, 0.15) is 0 Å². The Labute approximate surface area is 163 Å². The fraction of sp³-hybridized carbons (Fsp3) is 0.381. The zero-order valence-corrected chi connectivity index (χ0v) is 17.1. The van der Waals surface area contributed by atoms with Crippen LogP contribution >= 0.6 is 11.3 Å². The Morgan fingerprint density at radius 1 is 0.778 bits per heavy atom. The molecule has 0 unspecified atom stereocenters. The van der Waals surface area contributed by atoms with Crippen molar-refractivity contribution in [1.29, 1.82) is 0 Å². The highest BCUT2D eigenvalue weighted by Gasteiger charge is 2.09. The summed E-state index contributed by atoms with van der Waals surface area (Å²) in [6.45, 7) is 2.93. The van der Waals surface area contributed by atoms with E-state index in [1.165, 1.54) is 0 Å². The summed E-state index contributed by atoms with van der Waals surface area (Å²) in [6, 6.07) is 11.4. The minimum atomic E-state index is 0.0541. The zero-order chi connectivity index (χ0) is 19.4. The molecule has 0 atom stereocenters. The molecule has 0 radical (unpaired) electrons. The summed E-state index contributed by atoms with van der Waals surface area (Å²) in [5.74, 6) is 1.58. The maximum Gasteiger partial charge on any atom is 0.195 e. The van der Waals surface area contributed by atoms with Gasteiger partial charge in [0, 0.05) is 33.3 Å². The molecule has 5 nitrogen and oxygen atoms in total. The minimum Gasteiger partial charge on any atom is -0.492 e. The van der Waals surface area contributed by atoms with Gasteiger partial charge in [-0.05, 0) is 64.6 Å². The summed E-state index contributed by atoms with van der Waals surface area (Å²) in [7, 11) is 8.06. The van der Waals surface area contributed by atoms with Crippen molar-refractivity contribution < 1.29 is 9.47 Å². The molecule has 0 bridgehead atoms. The number of nitrogens with zero attached hydrogens (tertiary/aromatic N) is 2. The Morgan fingerprint density at radius 2 is 1.22 bits per heavy atom. The highest BCUT2D eigenvalue weighted by molar-refractivity contribution is 7.24. The molecule has 0 saturated heterocycles. The summed E-state index contributed by atoms with van der Waals surface area (Å²) >= 11 is 1.59. The molecule has 0 aliphatic rings. The highest BCUT2D eigenvalue weighted by Crippen LogP contribution is 2.30. The molecule has 1 heterocycles. The summed E-state index contributed by atoms with van der Waals surface area (Å²) in [5, 5.41) is 1.46. The zero-order valence-electron chi connectivity index (χ0n) is 16.3. The Balaban J connectivity index is 1.89. The number of rotatable bonds is 8. The van der Waals surface area contributed by atoms with E-state index in [2.05, 4.69) is 9.80 Å². The SMILES string of the molecule is CN(C)CCOc1ccc2c(=O)c3ccc(OCCN(C)C)cc3sc2c1. The van der Waals surface area contributed by atoms with Gasteiger partial charge in [0.15, 0.2) is 5.43 Å². The van der Waals surface area contributed by atoms with E-state index in [1.54, 1.807) is 11.3 Å². The van der Waals surface area contributed by atoms with Crippen molar-refractivity contribution in [1.82, 2.24) is 9.80 Å². The second kappa shape index (κ2) is 8.69. The molecule has 3 rings (SSSR count). The van der Waals surface area contributed by atoms with Crippen LogP contribution in [0, 0.1) is 0 Å². The Bertz CT molecular complexity index is 907. The van der Waals surface area contributed by atoms with Gasteiger partial charge in [0.05, 0.1) is 0 Å². The van der Waals surface area contributed by atoms with Crippen LogP contribution in [0.25, 0.3) is 20.2 Å². The lowest BCUT2D eigenvalue weighted by atomic mass is 10.2. The highest BCUT2D eigenvalue weighted by atomic mass is 32.1. The minimum absolute atomic E-state index is 0.0541. The molecule has 2 aromatic carbocycles. The van der Waals surface area contributed by atoms with E-state index in [0.717, 1.165) is 44.8 Å². The van der Waals surface area contributed by atoms with Crippen LogP contribution in [0.5, 0.6) is 11.5 Å². The fourth-order valence-corrected chi connectivity index (χ4v) is 3.81. The normalized spacial score (nSPS) is 11.6. The van der Waals surface area contributed by atoms with Crippen molar-refractivity contribution in [2.45, 2.75) is 0 Å². The molecule has 0 spiro atoms. The molecule has 1 aromatic heterocycles. The summed E-state index contributed by atoms with van der Waals surface area (Å²) in [4.78, 5) is 17.0. The van der Waals surface area contributed by atoms with E-state index in [-0.39, 0.29) is 5.43 Å². The molecule has 3 aromatic rings. The fourth-order valence-electron chi connectivity index (χ4n) is 2.68. The van der Waals surface area contributed by atoms with Crippen molar-refractivity contribution in [3.8, 4) is 11.5 Å². The second-order valence-electron chi connectivity index (χ2n) is 7.05. The molecule has 0 N–H and O–H groups in total. The van der Waals surface area contributed by atoms with Crippen molar-refractivity contribution in [3.05, 3.63) is 46.6 Å². The second-order valence-corrected chi connectivity index (χ2v) is 8.13. The van der Waals surface area contributed by atoms with E-state index in [9.17, 15) is 4.79 Å². The molecular formula is C21H26N2O3S. The molecule has 27 heavy (non-hydrogen) atoms. The first-order chi connectivity index (χ1) is 12.9. The molecule has 144 valence electrons. The lowest BCUT2D eigenvalue weighted by Gasteiger charge is -2.12. The number of benzene rings is 2. The molecule has 0 fully saturated rings. The van der Waals surface area contributed by atoms with Gasteiger partial charge in [-0.2, -0.15) is 0 Å². The summed E-state index contributed by atoms with van der Waals surface area (Å²) < 4.78 is 13.5. The van der Waals surface area contributed by atoms with Crippen LogP contribution in [0.3, 0.4) is 0 Å². The molecular weight excluding hydrogens is 360 g/mol. The van der Waals surface area contributed by atoms with Crippen LogP contribution in [-0.2, 0) is 0 Å². The van der Waals surface area contributed by atoms with Gasteiger partial charge < -0.3 is 19.3 Å². The van der Waals surface area contributed by atoms with Crippen LogP contribution in [-0.4, -0.2) is 64.3 Å². The van der Waals surface area contributed by atoms with Crippen LogP contribution in [0.4, 0.5) is 0 Å².